The van der Waals surface area contributed by atoms with Crippen molar-refractivity contribution in [2.75, 3.05) is 24.6 Å². The van der Waals surface area contributed by atoms with E-state index in [1.807, 2.05) is 30.3 Å². The molecule has 9 nitrogen and oxygen atoms in total. The third-order valence-corrected chi connectivity index (χ3v) is 8.19. The number of aromatic nitrogens is 5. The topological polar surface area (TPSA) is 101 Å². The summed E-state index contributed by atoms with van der Waals surface area (Å²) in [5, 5.41) is 15.8. The molecule has 0 saturated carbocycles. The molecule has 8 rings (SSSR count). The third kappa shape index (κ3) is 4.32. The lowest BCUT2D eigenvalue weighted by Gasteiger charge is -2.46. The summed E-state index contributed by atoms with van der Waals surface area (Å²) in [6.45, 7) is 2.10. The monoisotopic (exact) mass is 559 g/mol. The first-order valence-corrected chi connectivity index (χ1v) is 13.8. The number of fused-ring (bicyclic) bond motifs is 5. The van der Waals surface area contributed by atoms with Gasteiger partial charge < -0.3 is 24.6 Å². The number of nitrogens with zero attached hydrogens (tertiary/aromatic N) is 6. The largest absolute Gasteiger partial charge is 0.461 e. The van der Waals surface area contributed by atoms with Crippen LogP contribution < -0.4 is 15.0 Å². The fourth-order valence-corrected chi connectivity index (χ4v) is 6.17. The third-order valence-electron chi connectivity index (χ3n) is 7.88. The standard InChI is InChI=1S/C29H27ClFN7O2/c30-22-6-2-4-17-3-1-5-20(24(17)22)26-25(31)27-21(14-34-26)28(38-15-18-7-8-19(38)13-33-18)36-29(35-27)40-12-11-37-10-9-32-23(37)16-39/h1-6,9-10,14,18-19,33,39H,7-8,11-13,15-16H2. The number of ether oxygens (including phenoxy) is 1. The van der Waals surface area contributed by atoms with Gasteiger partial charge in [-0.15, -0.1) is 0 Å². The molecule has 40 heavy (non-hydrogen) atoms. The number of hydrogen-bond donors (Lipinski definition) is 2. The fourth-order valence-electron chi connectivity index (χ4n) is 5.88. The molecule has 2 unspecified atom stereocenters. The summed E-state index contributed by atoms with van der Waals surface area (Å²) in [7, 11) is 0. The summed E-state index contributed by atoms with van der Waals surface area (Å²) in [6.07, 6.45) is 7.19. The Bertz CT molecular complexity index is 1720. The van der Waals surface area contributed by atoms with Crippen LogP contribution in [-0.4, -0.2) is 61.4 Å². The molecule has 6 heterocycles. The molecule has 0 radical (unpaired) electrons. The van der Waals surface area contributed by atoms with Gasteiger partial charge in [-0.3, -0.25) is 4.98 Å². The maximum absolute atomic E-state index is 16.5. The Balaban J connectivity index is 1.33. The average Bonchev–Trinajstić information content (AvgIpc) is 3.45. The second-order valence-corrected chi connectivity index (χ2v) is 10.6. The first-order chi connectivity index (χ1) is 19.6. The van der Waals surface area contributed by atoms with Crippen molar-refractivity contribution >= 4 is 39.1 Å². The molecule has 3 fully saturated rings. The number of aliphatic hydroxyl groups is 1. The Morgan fingerprint density at radius 1 is 1.12 bits per heavy atom. The number of imidazole rings is 1. The number of piperidine rings is 2. The minimum absolute atomic E-state index is 0.0922. The van der Waals surface area contributed by atoms with Crippen LogP contribution in [0.15, 0.2) is 55.0 Å². The highest BCUT2D eigenvalue weighted by Gasteiger charge is 2.36. The van der Waals surface area contributed by atoms with Crippen LogP contribution in [0.25, 0.3) is 32.9 Å². The smallest absolute Gasteiger partial charge is 0.319 e. The van der Waals surface area contributed by atoms with Crippen LogP contribution in [-0.2, 0) is 13.2 Å². The zero-order valence-corrected chi connectivity index (χ0v) is 22.4. The van der Waals surface area contributed by atoms with Crippen LogP contribution >= 0.6 is 11.6 Å². The predicted octanol–water partition coefficient (Wildman–Crippen LogP) is 4.35. The molecule has 3 saturated heterocycles. The minimum Gasteiger partial charge on any atom is -0.461 e. The molecule has 3 aromatic heterocycles. The number of rotatable bonds is 7. The Labute approximate surface area is 234 Å². The normalized spacial score (nSPS) is 18.6. The van der Waals surface area contributed by atoms with Gasteiger partial charge in [0.05, 0.1) is 11.9 Å². The van der Waals surface area contributed by atoms with E-state index in [4.69, 9.17) is 21.3 Å². The summed E-state index contributed by atoms with van der Waals surface area (Å²) in [5.74, 6) is 0.621. The summed E-state index contributed by atoms with van der Waals surface area (Å²) in [5.41, 5.74) is 0.930. The molecular weight excluding hydrogens is 533 g/mol. The molecule has 11 heteroatoms. The van der Waals surface area contributed by atoms with E-state index in [1.165, 1.54) is 0 Å². The van der Waals surface area contributed by atoms with Gasteiger partial charge in [-0.1, -0.05) is 41.9 Å². The number of piperazine rings is 1. The van der Waals surface area contributed by atoms with Gasteiger partial charge in [0.2, 0.25) is 0 Å². The molecule has 2 atom stereocenters. The van der Waals surface area contributed by atoms with Gasteiger partial charge in [0.25, 0.3) is 0 Å². The molecular formula is C29H27ClFN7O2. The second-order valence-electron chi connectivity index (χ2n) is 10.2. The van der Waals surface area contributed by atoms with Crippen molar-refractivity contribution in [1.82, 2.24) is 29.8 Å². The van der Waals surface area contributed by atoms with Gasteiger partial charge in [0, 0.05) is 59.7 Å². The molecule has 3 aliphatic rings. The molecule has 5 aromatic rings. The van der Waals surface area contributed by atoms with E-state index in [0.29, 0.717) is 40.2 Å². The van der Waals surface area contributed by atoms with Gasteiger partial charge in [0.15, 0.2) is 5.82 Å². The SMILES string of the molecule is OCc1nccn1CCOc1nc(N2CC3CCC2CN3)c2cnc(-c3cccc4cccc(Cl)c34)c(F)c2n1. The van der Waals surface area contributed by atoms with Gasteiger partial charge in [-0.05, 0) is 24.3 Å². The molecule has 2 bridgehead atoms. The molecule has 2 N–H and O–H groups in total. The van der Waals surface area contributed by atoms with Gasteiger partial charge in [-0.25, -0.2) is 9.37 Å². The summed E-state index contributed by atoms with van der Waals surface area (Å²) < 4.78 is 24.2. The maximum Gasteiger partial charge on any atom is 0.319 e. The molecule has 3 aliphatic heterocycles. The zero-order valence-electron chi connectivity index (χ0n) is 21.6. The van der Waals surface area contributed by atoms with E-state index in [2.05, 4.69) is 25.2 Å². The van der Waals surface area contributed by atoms with Gasteiger partial charge in [-0.2, -0.15) is 9.97 Å². The summed E-state index contributed by atoms with van der Waals surface area (Å²) in [6, 6.07) is 11.9. The van der Waals surface area contributed by atoms with Crippen molar-refractivity contribution in [1.29, 1.82) is 0 Å². The number of pyridine rings is 1. The van der Waals surface area contributed by atoms with Gasteiger partial charge in [0.1, 0.15) is 36.1 Å². The number of halogens is 2. The molecule has 0 spiro atoms. The first kappa shape index (κ1) is 25.1. The number of anilines is 1. The van der Waals surface area contributed by atoms with E-state index in [-0.39, 0.29) is 36.5 Å². The highest BCUT2D eigenvalue weighted by Crippen LogP contribution is 2.38. The van der Waals surface area contributed by atoms with Crippen LogP contribution in [0.2, 0.25) is 5.02 Å². The molecule has 0 amide bonds. The average molecular weight is 560 g/mol. The van der Waals surface area contributed by atoms with E-state index in [0.717, 1.165) is 36.7 Å². The van der Waals surface area contributed by atoms with Crippen LogP contribution in [0.1, 0.15) is 18.7 Å². The van der Waals surface area contributed by atoms with Crippen molar-refractivity contribution < 1.29 is 14.2 Å². The predicted molar refractivity (Wildman–Crippen MR) is 151 cm³/mol. The quantitative estimate of drug-likeness (QED) is 0.304. The van der Waals surface area contributed by atoms with Crippen molar-refractivity contribution in [2.24, 2.45) is 0 Å². The Morgan fingerprint density at radius 3 is 2.77 bits per heavy atom. The lowest BCUT2D eigenvalue weighted by molar-refractivity contribution is 0.248. The number of nitrogens with one attached hydrogen (secondary N) is 1. The lowest BCUT2D eigenvalue weighted by atomic mass is 9.93. The van der Waals surface area contributed by atoms with Crippen LogP contribution in [0.3, 0.4) is 0 Å². The lowest BCUT2D eigenvalue weighted by Crippen LogP contribution is -2.61. The van der Waals surface area contributed by atoms with Crippen LogP contribution in [0.4, 0.5) is 10.2 Å². The Morgan fingerprint density at radius 2 is 2.00 bits per heavy atom. The highest BCUT2D eigenvalue weighted by molar-refractivity contribution is 6.36. The van der Waals surface area contributed by atoms with Crippen molar-refractivity contribution in [3.05, 3.63) is 71.7 Å². The van der Waals surface area contributed by atoms with E-state index in [9.17, 15) is 5.11 Å². The fraction of sp³-hybridized carbons (Fsp3) is 0.310. The second kappa shape index (κ2) is 10.3. The van der Waals surface area contributed by atoms with Gasteiger partial charge >= 0.3 is 6.01 Å². The number of aliphatic hydroxyl groups excluding tert-OH is 1. The number of benzene rings is 2. The Hall–Kier alpha value is -3.86. The molecule has 2 aromatic carbocycles. The van der Waals surface area contributed by atoms with Crippen LogP contribution in [0, 0.1) is 5.82 Å². The zero-order chi connectivity index (χ0) is 27.2. The minimum atomic E-state index is -0.545. The van der Waals surface area contributed by atoms with E-state index >= 15 is 4.39 Å². The summed E-state index contributed by atoms with van der Waals surface area (Å²) >= 11 is 6.56. The maximum atomic E-state index is 16.5. The van der Waals surface area contributed by atoms with E-state index < -0.39 is 5.82 Å². The van der Waals surface area contributed by atoms with Crippen LogP contribution in [0.5, 0.6) is 6.01 Å². The first-order valence-electron chi connectivity index (χ1n) is 13.4. The molecule has 0 aliphatic carbocycles. The van der Waals surface area contributed by atoms with E-state index in [1.54, 1.807) is 29.2 Å². The summed E-state index contributed by atoms with van der Waals surface area (Å²) in [4.78, 5) is 20.3. The van der Waals surface area contributed by atoms with Crippen molar-refractivity contribution in [3.63, 3.8) is 0 Å². The van der Waals surface area contributed by atoms with Crippen molar-refractivity contribution in [2.45, 2.75) is 38.1 Å². The number of hydrogen-bond acceptors (Lipinski definition) is 8. The molecule has 204 valence electrons. The Kier molecular flexibility index (Phi) is 6.45. The highest BCUT2D eigenvalue weighted by atomic mass is 35.5. The van der Waals surface area contributed by atoms with Crippen molar-refractivity contribution in [3.8, 4) is 17.3 Å².